The predicted molar refractivity (Wildman–Crippen MR) is 100 cm³/mol. The first-order valence-corrected chi connectivity index (χ1v) is 9.33. The first-order chi connectivity index (χ1) is 12.8. The molecule has 2 heterocycles. The molecule has 1 fully saturated rings. The maximum Gasteiger partial charge on any atom is 0.281 e. The highest BCUT2D eigenvalue weighted by atomic mass is 32.2. The molecule has 0 saturated heterocycles. The average molecular weight is 361 g/mol. The smallest absolute Gasteiger partial charge is 0.281 e. The van der Waals surface area contributed by atoms with E-state index in [2.05, 4.69) is 15.2 Å². The van der Waals surface area contributed by atoms with Crippen molar-refractivity contribution < 1.29 is 4.42 Å². The van der Waals surface area contributed by atoms with E-state index in [1.807, 2.05) is 54.6 Å². The Morgan fingerprint density at radius 2 is 1.77 bits per heavy atom. The van der Waals surface area contributed by atoms with Gasteiger partial charge in [-0.3, -0.25) is 4.79 Å². The zero-order valence-corrected chi connectivity index (χ0v) is 14.6. The Hall–Kier alpha value is -2.86. The lowest BCUT2D eigenvalue weighted by Gasteiger charge is -2.11. The predicted octanol–water partition coefficient (Wildman–Crippen LogP) is 4.61. The Labute approximate surface area is 153 Å². The molecule has 26 heavy (non-hydrogen) atoms. The van der Waals surface area contributed by atoms with Crippen LogP contribution in [-0.4, -0.2) is 15.2 Å². The second-order valence-electron chi connectivity index (χ2n) is 6.35. The maximum atomic E-state index is 12.8. The van der Waals surface area contributed by atoms with E-state index >= 15 is 0 Å². The van der Waals surface area contributed by atoms with Crippen LogP contribution in [0.3, 0.4) is 0 Å². The van der Waals surface area contributed by atoms with Crippen LogP contribution < -0.4 is 5.56 Å². The van der Waals surface area contributed by atoms with E-state index in [1.165, 1.54) is 11.8 Å². The van der Waals surface area contributed by atoms with Crippen LogP contribution in [0.4, 0.5) is 0 Å². The lowest BCUT2D eigenvalue weighted by atomic mass is 10.0. The fraction of sp³-hybridized carbons (Fsp3) is 0.150. The van der Waals surface area contributed by atoms with E-state index in [0.717, 1.165) is 34.9 Å². The van der Waals surface area contributed by atoms with Gasteiger partial charge < -0.3 is 9.40 Å². The van der Waals surface area contributed by atoms with E-state index < -0.39 is 0 Å². The molecular formula is C20H15N3O2S. The van der Waals surface area contributed by atoms with Gasteiger partial charge in [-0.05, 0) is 36.2 Å². The lowest BCUT2D eigenvalue weighted by molar-refractivity contribution is 0.414. The highest BCUT2D eigenvalue weighted by Gasteiger charge is 2.30. The molecule has 2 aromatic heterocycles. The summed E-state index contributed by atoms with van der Waals surface area (Å²) in [5.74, 6) is 1.06. The fourth-order valence-electron chi connectivity index (χ4n) is 3.06. The number of pyridine rings is 1. The van der Waals surface area contributed by atoms with Gasteiger partial charge >= 0.3 is 0 Å². The van der Waals surface area contributed by atoms with Crippen LogP contribution in [0, 0.1) is 0 Å². The van der Waals surface area contributed by atoms with Crippen LogP contribution in [0.25, 0.3) is 22.0 Å². The molecule has 0 unspecified atom stereocenters. The summed E-state index contributed by atoms with van der Waals surface area (Å²) in [4.78, 5) is 16.4. The van der Waals surface area contributed by atoms with Crippen molar-refractivity contribution in [2.75, 3.05) is 0 Å². The summed E-state index contributed by atoms with van der Waals surface area (Å²) in [6, 6.07) is 17.7. The van der Waals surface area contributed by atoms with Crippen molar-refractivity contribution >= 4 is 22.7 Å². The Bertz CT molecular complexity index is 1150. The van der Waals surface area contributed by atoms with Crippen molar-refractivity contribution in [3.8, 4) is 11.1 Å². The van der Waals surface area contributed by atoms with Crippen molar-refractivity contribution in [1.29, 1.82) is 0 Å². The van der Waals surface area contributed by atoms with Crippen molar-refractivity contribution in [2.45, 2.75) is 28.9 Å². The minimum Gasteiger partial charge on any atom is -0.415 e. The first-order valence-electron chi connectivity index (χ1n) is 8.51. The molecule has 0 radical (unpaired) electrons. The number of fused-ring (bicyclic) bond motifs is 1. The molecule has 1 aliphatic rings. The highest BCUT2D eigenvalue weighted by Crippen LogP contribution is 2.41. The van der Waals surface area contributed by atoms with Gasteiger partial charge in [0.05, 0.1) is 4.90 Å². The number of benzene rings is 2. The normalized spacial score (nSPS) is 14.0. The number of hydrogen-bond acceptors (Lipinski definition) is 5. The monoisotopic (exact) mass is 361 g/mol. The number of rotatable bonds is 4. The van der Waals surface area contributed by atoms with Crippen LogP contribution in [-0.2, 0) is 0 Å². The van der Waals surface area contributed by atoms with Crippen LogP contribution in [0.15, 0.2) is 73.9 Å². The van der Waals surface area contributed by atoms with Gasteiger partial charge in [-0.2, -0.15) is 0 Å². The van der Waals surface area contributed by atoms with Gasteiger partial charge in [-0.1, -0.05) is 48.5 Å². The summed E-state index contributed by atoms with van der Waals surface area (Å²) in [7, 11) is 0. The van der Waals surface area contributed by atoms with Crippen LogP contribution in [0.1, 0.15) is 24.7 Å². The van der Waals surface area contributed by atoms with Crippen LogP contribution in [0.2, 0.25) is 0 Å². The summed E-state index contributed by atoms with van der Waals surface area (Å²) in [6.45, 7) is 0. The van der Waals surface area contributed by atoms with E-state index in [1.54, 1.807) is 0 Å². The van der Waals surface area contributed by atoms with Gasteiger partial charge in [0.2, 0.25) is 5.89 Å². The number of H-pyrrole nitrogens is 1. The van der Waals surface area contributed by atoms with E-state index in [4.69, 9.17) is 4.42 Å². The summed E-state index contributed by atoms with van der Waals surface area (Å²) in [6.07, 6.45) is 2.19. The van der Waals surface area contributed by atoms with Crippen LogP contribution in [0.5, 0.6) is 0 Å². The molecule has 4 aromatic rings. The summed E-state index contributed by atoms with van der Waals surface area (Å²) >= 11 is 1.23. The fourth-order valence-corrected chi connectivity index (χ4v) is 3.91. The Morgan fingerprint density at radius 1 is 1.00 bits per heavy atom. The quantitative estimate of drug-likeness (QED) is 0.575. The van der Waals surface area contributed by atoms with Crippen molar-refractivity contribution in [2.24, 2.45) is 0 Å². The van der Waals surface area contributed by atoms with Gasteiger partial charge in [-0.25, -0.2) is 0 Å². The number of aromatic nitrogens is 3. The third-order valence-corrected chi connectivity index (χ3v) is 5.41. The molecular weight excluding hydrogens is 346 g/mol. The zero-order valence-electron chi connectivity index (χ0n) is 13.8. The number of nitrogens with one attached hydrogen (secondary N) is 1. The van der Waals surface area contributed by atoms with Gasteiger partial charge in [0.15, 0.2) is 0 Å². The molecule has 0 aliphatic heterocycles. The molecule has 0 spiro atoms. The molecule has 128 valence electrons. The molecule has 1 aliphatic carbocycles. The van der Waals surface area contributed by atoms with E-state index in [9.17, 15) is 4.79 Å². The third kappa shape index (κ3) is 2.72. The largest absolute Gasteiger partial charge is 0.415 e. The van der Waals surface area contributed by atoms with E-state index in [0.29, 0.717) is 21.9 Å². The molecule has 5 nitrogen and oxygen atoms in total. The number of aromatic amines is 1. The van der Waals surface area contributed by atoms with Gasteiger partial charge in [0.1, 0.15) is 0 Å². The molecule has 6 heteroatoms. The van der Waals surface area contributed by atoms with Crippen molar-refractivity contribution in [3.63, 3.8) is 0 Å². The van der Waals surface area contributed by atoms with Gasteiger partial charge in [-0.15, -0.1) is 10.2 Å². The SMILES string of the molecule is O=c1[nH]c2ccccc2c(-c2ccccc2)c1Sc1nnc(C2CC2)o1. The minimum absolute atomic E-state index is 0.154. The molecule has 0 atom stereocenters. The van der Waals surface area contributed by atoms with Crippen molar-refractivity contribution in [1.82, 2.24) is 15.2 Å². The van der Waals surface area contributed by atoms with Gasteiger partial charge in [0.25, 0.3) is 10.8 Å². The minimum atomic E-state index is -0.154. The van der Waals surface area contributed by atoms with Gasteiger partial charge in [0, 0.05) is 22.4 Å². The lowest BCUT2D eigenvalue weighted by Crippen LogP contribution is -2.10. The molecule has 1 saturated carbocycles. The van der Waals surface area contributed by atoms with Crippen LogP contribution >= 0.6 is 11.8 Å². The average Bonchev–Trinajstić information content (AvgIpc) is 3.42. The summed E-state index contributed by atoms with van der Waals surface area (Å²) in [5, 5.41) is 9.64. The van der Waals surface area contributed by atoms with E-state index in [-0.39, 0.29) is 5.56 Å². The molecule has 2 aromatic carbocycles. The topological polar surface area (TPSA) is 71.8 Å². The number of hydrogen-bond donors (Lipinski definition) is 1. The maximum absolute atomic E-state index is 12.8. The second-order valence-corrected chi connectivity index (χ2v) is 7.31. The Kier molecular flexibility index (Phi) is 3.64. The summed E-state index contributed by atoms with van der Waals surface area (Å²) in [5.41, 5.74) is 2.53. The number of nitrogens with zero attached hydrogens (tertiary/aromatic N) is 2. The number of para-hydroxylation sites is 1. The summed E-state index contributed by atoms with van der Waals surface area (Å²) < 4.78 is 5.76. The zero-order chi connectivity index (χ0) is 17.5. The second kappa shape index (κ2) is 6.14. The van der Waals surface area contributed by atoms with Crippen molar-refractivity contribution in [3.05, 3.63) is 70.8 Å². The first kappa shape index (κ1) is 15.4. The highest BCUT2D eigenvalue weighted by molar-refractivity contribution is 7.99. The molecule has 0 bridgehead atoms. The molecule has 5 rings (SSSR count). The standard InChI is InChI=1S/C20H15N3O2S/c24-18-17(26-20-23-22-19(25-20)13-10-11-13)16(12-6-2-1-3-7-12)14-8-4-5-9-15(14)21-18/h1-9,13H,10-11H2,(H,21,24). The Balaban J connectivity index is 1.70. The third-order valence-electron chi connectivity index (χ3n) is 4.48. The molecule has 1 N–H and O–H groups in total. The Morgan fingerprint density at radius 3 is 2.58 bits per heavy atom. The molecule has 0 amide bonds.